The number of nitrogens with one attached hydrogen (secondary N) is 1. The molecule has 0 saturated heterocycles. The number of rotatable bonds is 8. The molecule has 0 unspecified atom stereocenters. The van der Waals surface area contributed by atoms with Crippen LogP contribution in [-0.4, -0.2) is 36.6 Å². The molecule has 1 aliphatic heterocycles. The van der Waals surface area contributed by atoms with Gasteiger partial charge in [0.05, 0.1) is 18.0 Å². The summed E-state index contributed by atoms with van der Waals surface area (Å²) in [6, 6.07) is 16.9. The molecule has 2 N–H and O–H groups in total. The first-order chi connectivity index (χ1) is 17.2. The second kappa shape index (κ2) is 10.4. The fourth-order valence-electron chi connectivity index (χ4n) is 4.32. The zero-order chi connectivity index (χ0) is 25.9. The molecule has 3 aromatic rings. The van der Waals surface area contributed by atoms with Crippen molar-refractivity contribution >= 4 is 17.6 Å². The van der Waals surface area contributed by atoms with Gasteiger partial charge in [-0.3, -0.25) is 9.59 Å². The Bertz CT molecular complexity index is 1260. The Balaban J connectivity index is 1.49. The van der Waals surface area contributed by atoms with Crippen LogP contribution in [0.5, 0.6) is 5.75 Å². The van der Waals surface area contributed by atoms with Crippen molar-refractivity contribution in [1.82, 2.24) is 5.32 Å². The third-order valence-electron chi connectivity index (χ3n) is 6.12. The van der Waals surface area contributed by atoms with E-state index >= 15 is 0 Å². The molecular formula is C27H25F3N2O4. The van der Waals surface area contributed by atoms with Gasteiger partial charge in [-0.2, -0.15) is 13.2 Å². The molecule has 1 amide bonds. The van der Waals surface area contributed by atoms with Crippen LogP contribution < -0.4 is 15.0 Å². The molecular weight excluding hydrogens is 473 g/mol. The van der Waals surface area contributed by atoms with Gasteiger partial charge in [0, 0.05) is 12.2 Å². The summed E-state index contributed by atoms with van der Waals surface area (Å²) in [6.07, 6.45) is -4.28. The molecule has 0 spiro atoms. The number of nitrogens with zero attached hydrogens (tertiary/aromatic N) is 1. The van der Waals surface area contributed by atoms with E-state index in [1.807, 2.05) is 0 Å². The first kappa shape index (κ1) is 25.2. The fourth-order valence-corrected chi connectivity index (χ4v) is 4.32. The standard InChI is InChI=1S/C27H25F3N2O4/c1-31-23(15-25(33)34)26(35)32-12-11-19-14-20(8-10-24(19)32)36-16-17-7-9-21(18-5-3-2-4-6-18)22(13-17)27(28,29)30/h2-10,13-14,23,31H,11-12,15-16H2,1H3,(H,33,34)/t23-/m1/s1. The van der Waals surface area contributed by atoms with Gasteiger partial charge in [0.25, 0.3) is 0 Å². The molecule has 0 aliphatic carbocycles. The molecule has 0 bridgehead atoms. The number of benzene rings is 3. The molecule has 6 nitrogen and oxygen atoms in total. The summed E-state index contributed by atoms with van der Waals surface area (Å²) in [7, 11) is 1.54. The van der Waals surface area contributed by atoms with Gasteiger partial charge in [-0.25, -0.2) is 0 Å². The van der Waals surface area contributed by atoms with Crippen molar-refractivity contribution in [3.8, 4) is 16.9 Å². The molecule has 0 radical (unpaired) electrons. The summed E-state index contributed by atoms with van der Waals surface area (Å²) in [5.41, 5.74) is 1.77. The number of aliphatic carboxylic acids is 1. The zero-order valence-electron chi connectivity index (χ0n) is 19.5. The molecule has 4 rings (SSSR count). The van der Waals surface area contributed by atoms with E-state index in [2.05, 4.69) is 5.32 Å². The van der Waals surface area contributed by atoms with Crippen molar-refractivity contribution in [3.05, 3.63) is 83.4 Å². The number of hydrogen-bond donors (Lipinski definition) is 2. The Morgan fingerprint density at radius 3 is 2.50 bits per heavy atom. The van der Waals surface area contributed by atoms with Crippen LogP contribution in [-0.2, 0) is 28.8 Å². The number of carboxylic acid groups (broad SMARTS) is 1. The van der Waals surface area contributed by atoms with E-state index < -0.39 is 23.8 Å². The SMILES string of the molecule is CN[C@H](CC(=O)O)C(=O)N1CCc2cc(OCc3ccc(-c4ccccc4)c(C(F)(F)F)c3)ccc21. The highest BCUT2D eigenvalue weighted by molar-refractivity contribution is 6.00. The molecule has 36 heavy (non-hydrogen) atoms. The molecule has 1 aliphatic rings. The van der Waals surface area contributed by atoms with Gasteiger partial charge in [-0.15, -0.1) is 0 Å². The van der Waals surface area contributed by atoms with Crippen LogP contribution in [0.1, 0.15) is 23.1 Å². The minimum absolute atomic E-state index is 0.0555. The average molecular weight is 499 g/mol. The predicted octanol–water partition coefficient (Wildman–Crippen LogP) is 4.90. The molecule has 0 aromatic heterocycles. The van der Waals surface area contributed by atoms with Crippen LogP contribution in [0.3, 0.4) is 0 Å². The van der Waals surface area contributed by atoms with E-state index in [9.17, 15) is 22.8 Å². The second-order valence-corrected chi connectivity index (χ2v) is 8.50. The molecule has 3 aromatic carbocycles. The van der Waals surface area contributed by atoms with Crippen LogP contribution in [0.25, 0.3) is 11.1 Å². The maximum Gasteiger partial charge on any atom is 0.417 e. The van der Waals surface area contributed by atoms with Crippen LogP contribution >= 0.6 is 0 Å². The van der Waals surface area contributed by atoms with Crippen LogP contribution in [0, 0.1) is 0 Å². The number of ether oxygens (including phenoxy) is 1. The van der Waals surface area contributed by atoms with Crippen molar-refractivity contribution in [2.45, 2.75) is 31.7 Å². The quantitative estimate of drug-likeness (QED) is 0.462. The largest absolute Gasteiger partial charge is 0.489 e. The van der Waals surface area contributed by atoms with Crippen molar-refractivity contribution in [2.75, 3.05) is 18.5 Å². The van der Waals surface area contributed by atoms with Crippen LogP contribution in [0.15, 0.2) is 66.7 Å². The van der Waals surface area contributed by atoms with Gasteiger partial charge < -0.3 is 20.1 Å². The number of hydrogen-bond acceptors (Lipinski definition) is 4. The molecule has 0 fully saturated rings. The van der Waals surface area contributed by atoms with Crippen LogP contribution in [0.2, 0.25) is 0 Å². The lowest BCUT2D eigenvalue weighted by atomic mass is 9.97. The Kier molecular flexibility index (Phi) is 7.30. The number of anilines is 1. The Morgan fingerprint density at radius 1 is 1.08 bits per heavy atom. The summed E-state index contributed by atoms with van der Waals surface area (Å²) < 4.78 is 47.1. The van der Waals surface area contributed by atoms with Gasteiger partial charge in [0.1, 0.15) is 12.4 Å². The van der Waals surface area contributed by atoms with Gasteiger partial charge >= 0.3 is 12.1 Å². The van der Waals surface area contributed by atoms with E-state index in [0.717, 1.165) is 11.6 Å². The zero-order valence-corrected chi connectivity index (χ0v) is 19.5. The summed E-state index contributed by atoms with van der Waals surface area (Å²) in [5.74, 6) is -0.929. The van der Waals surface area contributed by atoms with Crippen molar-refractivity contribution in [1.29, 1.82) is 0 Å². The monoisotopic (exact) mass is 498 g/mol. The topological polar surface area (TPSA) is 78.9 Å². The maximum atomic E-state index is 13.8. The average Bonchev–Trinajstić information content (AvgIpc) is 3.28. The minimum Gasteiger partial charge on any atom is -0.489 e. The van der Waals surface area contributed by atoms with E-state index in [1.165, 1.54) is 13.1 Å². The molecule has 1 atom stereocenters. The van der Waals surface area contributed by atoms with E-state index in [1.54, 1.807) is 59.5 Å². The molecule has 1 heterocycles. The number of carbonyl (C=O) groups excluding carboxylic acids is 1. The predicted molar refractivity (Wildman–Crippen MR) is 129 cm³/mol. The van der Waals surface area contributed by atoms with Gasteiger partial charge in [-0.1, -0.05) is 42.5 Å². The van der Waals surface area contributed by atoms with Crippen molar-refractivity contribution in [2.24, 2.45) is 0 Å². The van der Waals surface area contributed by atoms with E-state index in [4.69, 9.17) is 9.84 Å². The van der Waals surface area contributed by atoms with Crippen molar-refractivity contribution < 1.29 is 32.6 Å². The summed E-state index contributed by atoms with van der Waals surface area (Å²) in [4.78, 5) is 25.4. The molecule has 188 valence electrons. The van der Waals surface area contributed by atoms with Gasteiger partial charge in [-0.05, 0) is 60.0 Å². The third kappa shape index (κ3) is 5.52. The molecule has 9 heteroatoms. The number of halogens is 3. The smallest absolute Gasteiger partial charge is 0.417 e. The fraction of sp³-hybridized carbons (Fsp3) is 0.259. The van der Waals surface area contributed by atoms with E-state index in [-0.39, 0.29) is 24.5 Å². The Labute approximate surface area is 206 Å². The maximum absolute atomic E-state index is 13.8. The Hall–Kier alpha value is -3.85. The number of amides is 1. The van der Waals surface area contributed by atoms with Crippen LogP contribution in [0.4, 0.5) is 18.9 Å². The highest BCUT2D eigenvalue weighted by Crippen LogP contribution is 2.38. The highest BCUT2D eigenvalue weighted by Gasteiger charge is 2.34. The lowest BCUT2D eigenvalue weighted by molar-refractivity contribution is -0.139. The normalized spacial score (nSPS) is 13.8. The third-order valence-corrected chi connectivity index (χ3v) is 6.12. The summed E-state index contributed by atoms with van der Waals surface area (Å²) >= 11 is 0. The lowest BCUT2D eigenvalue weighted by Crippen LogP contribution is -2.45. The van der Waals surface area contributed by atoms with Gasteiger partial charge in [0.15, 0.2) is 0 Å². The number of alkyl halides is 3. The first-order valence-corrected chi connectivity index (χ1v) is 11.4. The first-order valence-electron chi connectivity index (χ1n) is 11.4. The number of carboxylic acids is 1. The highest BCUT2D eigenvalue weighted by atomic mass is 19.4. The lowest BCUT2D eigenvalue weighted by Gasteiger charge is -2.23. The Morgan fingerprint density at radius 2 is 1.83 bits per heavy atom. The van der Waals surface area contributed by atoms with E-state index in [0.29, 0.717) is 35.5 Å². The summed E-state index contributed by atoms with van der Waals surface area (Å²) in [6.45, 7) is 0.353. The number of carbonyl (C=O) groups is 2. The number of fused-ring (bicyclic) bond motifs is 1. The van der Waals surface area contributed by atoms with Crippen molar-refractivity contribution in [3.63, 3.8) is 0 Å². The van der Waals surface area contributed by atoms with Gasteiger partial charge in [0.2, 0.25) is 5.91 Å². The second-order valence-electron chi connectivity index (χ2n) is 8.50. The molecule has 0 saturated carbocycles. The number of likely N-dealkylation sites (N-methyl/N-ethyl adjacent to an activating group) is 1. The minimum atomic E-state index is -4.52. The summed E-state index contributed by atoms with van der Waals surface area (Å²) in [5, 5.41) is 11.8.